The van der Waals surface area contributed by atoms with Crippen LogP contribution in [-0.2, 0) is 17.6 Å². The van der Waals surface area contributed by atoms with E-state index in [4.69, 9.17) is 4.74 Å². The van der Waals surface area contributed by atoms with Crippen molar-refractivity contribution >= 4 is 5.91 Å². The van der Waals surface area contributed by atoms with Crippen LogP contribution in [0.25, 0.3) is 0 Å². The molecule has 120 valence electrons. The number of aryl methyl sites for hydroxylation is 2. The average molecular weight is 301 g/mol. The van der Waals surface area contributed by atoms with Crippen LogP contribution in [0, 0.1) is 0 Å². The second kappa shape index (κ2) is 7.17. The van der Waals surface area contributed by atoms with Crippen molar-refractivity contribution in [3.8, 4) is 5.75 Å². The maximum atomic E-state index is 12.3. The SMILES string of the molecule is CN(C(=O)COc1ccc2c(c1)CCCC2)C1CCCCC1. The predicted molar refractivity (Wildman–Crippen MR) is 88.2 cm³/mol. The van der Waals surface area contributed by atoms with Crippen molar-refractivity contribution in [1.29, 1.82) is 0 Å². The summed E-state index contributed by atoms with van der Waals surface area (Å²) in [4.78, 5) is 14.2. The number of carbonyl (C=O) groups excluding carboxylic acids is 1. The van der Waals surface area contributed by atoms with Gasteiger partial charge < -0.3 is 9.64 Å². The zero-order valence-electron chi connectivity index (χ0n) is 13.6. The van der Waals surface area contributed by atoms with Gasteiger partial charge in [0.05, 0.1) is 0 Å². The van der Waals surface area contributed by atoms with Crippen molar-refractivity contribution in [2.24, 2.45) is 0 Å². The van der Waals surface area contributed by atoms with Crippen LogP contribution in [0.2, 0.25) is 0 Å². The Kier molecular flexibility index (Phi) is 5.01. The molecule has 1 aromatic carbocycles. The van der Waals surface area contributed by atoms with Crippen molar-refractivity contribution in [3.05, 3.63) is 29.3 Å². The van der Waals surface area contributed by atoms with E-state index in [0.29, 0.717) is 6.04 Å². The quantitative estimate of drug-likeness (QED) is 0.848. The Balaban J connectivity index is 1.54. The summed E-state index contributed by atoms with van der Waals surface area (Å²) in [5.74, 6) is 0.940. The first-order valence-electron chi connectivity index (χ1n) is 8.74. The van der Waals surface area contributed by atoms with Crippen LogP contribution < -0.4 is 4.74 Å². The van der Waals surface area contributed by atoms with E-state index in [0.717, 1.165) is 25.0 Å². The molecule has 0 aromatic heterocycles. The van der Waals surface area contributed by atoms with Gasteiger partial charge in [0.1, 0.15) is 5.75 Å². The molecule has 2 aliphatic rings. The fourth-order valence-electron chi connectivity index (χ4n) is 3.72. The number of hydrogen-bond acceptors (Lipinski definition) is 2. The largest absolute Gasteiger partial charge is 0.484 e. The van der Waals surface area contributed by atoms with E-state index in [1.165, 1.54) is 49.7 Å². The Labute approximate surface area is 133 Å². The molecule has 0 radical (unpaired) electrons. The Morgan fingerprint density at radius 2 is 1.82 bits per heavy atom. The minimum Gasteiger partial charge on any atom is -0.484 e. The van der Waals surface area contributed by atoms with Gasteiger partial charge >= 0.3 is 0 Å². The number of fused-ring (bicyclic) bond motifs is 1. The molecule has 3 nitrogen and oxygen atoms in total. The first-order chi connectivity index (χ1) is 10.7. The second-order valence-electron chi connectivity index (χ2n) is 6.72. The van der Waals surface area contributed by atoms with E-state index >= 15 is 0 Å². The van der Waals surface area contributed by atoms with Gasteiger partial charge in [0.15, 0.2) is 6.61 Å². The Morgan fingerprint density at radius 1 is 1.09 bits per heavy atom. The van der Waals surface area contributed by atoms with Crippen LogP contribution in [-0.4, -0.2) is 30.5 Å². The van der Waals surface area contributed by atoms with Crippen LogP contribution in [0.1, 0.15) is 56.1 Å². The highest BCUT2D eigenvalue weighted by atomic mass is 16.5. The molecule has 0 bridgehead atoms. The molecule has 0 aliphatic heterocycles. The highest BCUT2D eigenvalue weighted by molar-refractivity contribution is 5.77. The van der Waals surface area contributed by atoms with Crippen molar-refractivity contribution in [2.75, 3.05) is 13.7 Å². The van der Waals surface area contributed by atoms with Gasteiger partial charge in [0.2, 0.25) is 0 Å². The maximum absolute atomic E-state index is 12.3. The molecule has 1 fully saturated rings. The molecule has 3 rings (SSSR count). The van der Waals surface area contributed by atoms with Crippen molar-refractivity contribution in [1.82, 2.24) is 4.90 Å². The molecule has 0 unspecified atom stereocenters. The first kappa shape index (κ1) is 15.4. The molecule has 0 N–H and O–H groups in total. The third-order valence-corrected chi connectivity index (χ3v) is 5.20. The second-order valence-corrected chi connectivity index (χ2v) is 6.72. The predicted octanol–water partition coefficient (Wildman–Crippen LogP) is 3.74. The fourth-order valence-corrected chi connectivity index (χ4v) is 3.72. The molecule has 0 heterocycles. The lowest BCUT2D eigenvalue weighted by Gasteiger charge is -2.31. The van der Waals surface area contributed by atoms with Crippen molar-refractivity contribution in [2.45, 2.75) is 63.8 Å². The number of likely N-dealkylation sites (N-methyl/N-ethyl adjacent to an activating group) is 1. The first-order valence-corrected chi connectivity index (χ1v) is 8.74. The van der Waals surface area contributed by atoms with Gasteiger partial charge in [0, 0.05) is 13.1 Å². The third-order valence-electron chi connectivity index (χ3n) is 5.20. The number of ether oxygens (including phenoxy) is 1. The summed E-state index contributed by atoms with van der Waals surface area (Å²) in [7, 11) is 1.93. The molecule has 1 aromatic rings. The molecule has 2 aliphatic carbocycles. The number of rotatable bonds is 4. The van der Waals surface area contributed by atoms with E-state index in [1.54, 1.807) is 0 Å². The lowest BCUT2D eigenvalue weighted by molar-refractivity contribution is -0.134. The molecule has 0 spiro atoms. The van der Waals surface area contributed by atoms with Crippen LogP contribution in [0.4, 0.5) is 0 Å². The van der Waals surface area contributed by atoms with Gasteiger partial charge in [-0.2, -0.15) is 0 Å². The number of amides is 1. The van der Waals surface area contributed by atoms with E-state index in [2.05, 4.69) is 12.1 Å². The Bertz CT molecular complexity index is 520. The molecular formula is C19H27NO2. The molecule has 1 saturated carbocycles. The van der Waals surface area contributed by atoms with Gasteiger partial charge in [-0.3, -0.25) is 4.79 Å². The number of nitrogens with zero attached hydrogens (tertiary/aromatic N) is 1. The normalized spacial score (nSPS) is 18.6. The standard InChI is InChI=1S/C19H27NO2/c1-20(17-9-3-2-4-10-17)19(21)14-22-18-12-11-15-7-5-6-8-16(15)13-18/h11-13,17H,2-10,14H2,1H3. The topological polar surface area (TPSA) is 29.5 Å². The van der Waals surface area contributed by atoms with Gasteiger partial charge in [0.25, 0.3) is 5.91 Å². The number of carbonyl (C=O) groups is 1. The summed E-state index contributed by atoms with van der Waals surface area (Å²) in [6, 6.07) is 6.72. The van der Waals surface area contributed by atoms with Gasteiger partial charge in [-0.1, -0.05) is 25.3 Å². The van der Waals surface area contributed by atoms with Gasteiger partial charge in [-0.15, -0.1) is 0 Å². The summed E-state index contributed by atoms with van der Waals surface area (Å²) >= 11 is 0. The summed E-state index contributed by atoms with van der Waals surface area (Å²) in [5.41, 5.74) is 2.85. The smallest absolute Gasteiger partial charge is 0.260 e. The Morgan fingerprint density at radius 3 is 2.59 bits per heavy atom. The van der Waals surface area contributed by atoms with Crippen LogP contribution in [0.3, 0.4) is 0 Å². The molecule has 22 heavy (non-hydrogen) atoms. The van der Waals surface area contributed by atoms with Crippen molar-refractivity contribution in [3.63, 3.8) is 0 Å². The number of benzene rings is 1. The zero-order valence-corrected chi connectivity index (χ0v) is 13.6. The lowest BCUT2D eigenvalue weighted by Crippen LogP contribution is -2.40. The van der Waals surface area contributed by atoms with Crippen LogP contribution in [0.15, 0.2) is 18.2 Å². The molecule has 0 saturated heterocycles. The highest BCUT2D eigenvalue weighted by Crippen LogP contribution is 2.26. The molecule has 0 atom stereocenters. The fraction of sp³-hybridized carbons (Fsp3) is 0.632. The van der Waals surface area contributed by atoms with Crippen LogP contribution in [0.5, 0.6) is 5.75 Å². The zero-order chi connectivity index (χ0) is 15.4. The van der Waals surface area contributed by atoms with E-state index < -0.39 is 0 Å². The molecular weight excluding hydrogens is 274 g/mol. The average Bonchev–Trinajstić information content (AvgIpc) is 2.59. The van der Waals surface area contributed by atoms with Gasteiger partial charge in [-0.05, 0) is 61.8 Å². The summed E-state index contributed by atoms with van der Waals surface area (Å²) in [5, 5.41) is 0. The number of hydrogen-bond donors (Lipinski definition) is 0. The van der Waals surface area contributed by atoms with E-state index in [1.807, 2.05) is 18.0 Å². The summed E-state index contributed by atoms with van der Waals surface area (Å²) in [6.45, 7) is 0.159. The van der Waals surface area contributed by atoms with Crippen molar-refractivity contribution < 1.29 is 9.53 Å². The lowest BCUT2D eigenvalue weighted by atomic mass is 9.92. The van der Waals surface area contributed by atoms with Gasteiger partial charge in [-0.25, -0.2) is 0 Å². The monoisotopic (exact) mass is 301 g/mol. The van der Waals surface area contributed by atoms with Crippen LogP contribution >= 0.6 is 0 Å². The third kappa shape index (κ3) is 3.63. The molecule has 3 heteroatoms. The highest BCUT2D eigenvalue weighted by Gasteiger charge is 2.22. The van der Waals surface area contributed by atoms with E-state index in [-0.39, 0.29) is 12.5 Å². The minimum absolute atomic E-state index is 0.102. The summed E-state index contributed by atoms with van der Waals surface area (Å²) < 4.78 is 5.75. The minimum atomic E-state index is 0.102. The van der Waals surface area contributed by atoms with E-state index in [9.17, 15) is 4.79 Å². The maximum Gasteiger partial charge on any atom is 0.260 e. The Hall–Kier alpha value is -1.51. The molecule has 1 amide bonds. The summed E-state index contributed by atoms with van der Waals surface area (Å²) in [6.07, 6.45) is 11.0.